The number of nitrogens with one attached hydrogen (secondary N) is 1. The molecular formula is C16H22N6O2. The average molecular weight is 330 g/mol. The maximum atomic E-state index is 12.4. The second-order valence-corrected chi connectivity index (χ2v) is 5.80. The molecule has 2 aromatic heterocycles. The predicted molar refractivity (Wildman–Crippen MR) is 88.9 cm³/mol. The van der Waals surface area contributed by atoms with Crippen LogP contribution in [0.25, 0.3) is 0 Å². The van der Waals surface area contributed by atoms with Crippen LogP contribution in [-0.4, -0.2) is 52.0 Å². The van der Waals surface area contributed by atoms with Crippen LogP contribution in [0, 0.1) is 13.8 Å². The van der Waals surface area contributed by atoms with Crippen molar-refractivity contribution < 1.29 is 9.53 Å². The van der Waals surface area contributed by atoms with Crippen LogP contribution >= 0.6 is 0 Å². The third kappa shape index (κ3) is 3.38. The summed E-state index contributed by atoms with van der Waals surface area (Å²) in [5, 5.41) is 7.19. The second kappa shape index (κ2) is 6.96. The molecule has 8 heteroatoms. The average Bonchev–Trinajstić information content (AvgIpc) is 2.86. The SMILES string of the molecule is Cc1nn(C)c(C)c1C(=O)NCc1ccnc(N2CCOCC2)n1. The van der Waals surface area contributed by atoms with Gasteiger partial charge in [0.25, 0.3) is 5.91 Å². The van der Waals surface area contributed by atoms with E-state index in [-0.39, 0.29) is 5.91 Å². The maximum Gasteiger partial charge on any atom is 0.255 e. The number of rotatable bonds is 4. The first-order valence-electron chi connectivity index (χ1n) is 7.99. The van der Waals surface area contributed by atoms with Gasteiger partial charge in [0, 0.05) is 32.0 Å². The summed E-state index contributed by atoms with van der Waals surface area (Å²) in [5.74, 6) is 0.545. The predicted octanol–water partition coefficient (Wildman–Crippen LogP) is 0.594. The number of hydrogen-bond acceptors (Lipinski definition) is 6. The van der Waals surface area contributed by atoms with Crippen molar-refractivity contribution in [3.05, 3.63) is 34.9 Å². The van der Waals surface area contributed by atoms with Crippen LogP contribution in [0.1, 0.15) is 27.4 Å². The number of morpholine rings is 1. The Kier molecular flexibility index (Phi) is 4.75. The standard InChI is InChI=1S/C16H22N6O2/c1-11-14(12(2)21(3)20-11)15(23)18-10-13-4-5-17-16(19-13)22-6-8-24-9-7-22/h4-5H,6-10H2,1-3H3,(H,18,23). The molecule has 0 aliphatic carbocycles. The number of carbonyl (C=O) groups is 1. The molecule has 3 rings (SSSR count). The summed E-state index contributed by atoms with van der Waals surface area (Å²) in [5.41, 5.74) is 2.98. The van der Waals surface area contributed by atoms with E-state index < -0.39 is 0 Å². The van der Waals surface area contributed by atoms with Crippen molar-refractivity contribution in [3.63, 3.8) is 0 Å². The second-order valence-electron chi connectivity index (χ2n) is 5.80. The largest absolute Gasteiger partial charge is 0.378 e. The van der Waals surface area contributed by atoms with Crippen molar-refractivity contribution in [1.29, 1.82) is 0 Å². The molecule has 128 valence electrons. The molecule has 24 heavy (non-hydrogen) atoms. The van der Waals surface area contributed by atoms with Crippen molar-refractivity contribution in [2.75, 3.05) is 31.2 Å². The molecule has 0 bridgehead atoms. The first kappa shape index (κ1) is 16.4. The smallest absolute Gasteiger partial charge is 0.255 e. The minimum Gasteiger partial charge on any atom is -0.378 e. The number of carbonyl (C=O) groups excluding carboxylic acids is 1. The Bertz CT molecular complexity index is 736. The number of amides is 1. The molecule has 0 saturated carbocycles. The van der Waals surface area contributed by atoms with E-state index >= 15 is 0 Å². The zero-order valence-electron chi connectivity index (χ0n) is 14.2. The molecule has 3 heterocycles. The summed E-state index contributed by atoms with van der Waals surface area (Å²) < 4.78 is 7.06. The molecule has 2 aromatic rings. The minimum absolute atomic E-state index is 0.135. The van der Waals surface area contributed by atoms with E-state index in [1.807, 2.05) is 27.0 Å². The topological polar surface area (TPSA) is 85.2 Å². The molecule has 0 radical (unpaired) electrons. The van der Waals surface area contributed by atoms with Crippen molar-refractivity contribution in [3.8, 4) is 0 Å². The first-order chi connectivity index (χ1) is 11.6. The third-order valence-corrected chi connectivity index (χ3v) is 4.16. The minimum atomic E-state index is -0.135. The number of aromatic nitrogens is 4. The van der Waals surface area contributed by atoms with E-state index in [2.05, 4.69) is 25.3 Å². The van der Waals surface area contributed by atoms with Gasteiger partial charge in [-0.15, -0.1) is 0 Å². The monoisotopic (exact) mass is 330 g/mol. The molecule has 1 fully saturated rings. The van der Waals surface area contributed by atoms with Gasteiger partial charge in [0.2, 0.25) is 5.95 Å². The number of nitrogens with zero attached hydrogens (tertiary/aromatic N) is 5. The molecule has 0 spiro atoms. The number of aryl methyl sites for hydroxylation is 2. The molecule has 1 aliphatic rings. The summed E-state index contributed by atoms with van der Waals surface area (Å²) in [4.78, 5) is 23.4. The van der Waals surface area contributed by atoms with Crippen LogP contribution in [0.3, 0.4) is 0 Å². The highest BCUT2D eigenvalue weighted by atomic mass is 16.5. The Balaban J connectivity index is 1.67. The molecule has 1 amide bonds. The van der Waals surface area contributed by atoms with Gasteiger partial charge in [-0.25, -0.2) is 9.97 Å². The van der Waals surface area contributed by atoms with Crippen molar-refractivity contribution in [2.24, 2.45) is 7.05 Å². The lowest BCUT2D eigenvalue weighted by molar-refractivity contribution is 0.0949. The van der Waals surface area contributed by atoms with Crippen LogP contribution in [0.2, 0.25) is 0 Å². The van der Waals surface area contributed by atoms with Gasteiger partial charge in [-0.2, -0.15) is 5.10 Å². The third-order valence-electron chi connectivity index (χ3n) is 4.16. The van der Waals surface area contributed by atoms with Gasteiger partial charge in [-0.3, -0.25) is 9.48 Å². The molecule has 1 saturated heterocycles. The van der Waals surface area contributed by atoms with Gasteiger partial charge in [0.1, 0.15) is 0 Å². The Hall–Kier alpha value is -2.48. The van der Waals surface area contributed by atoms with Crippen LogP contribution in [0.4, 0.5) is 5.95 Å². The summed E-state index contributed by atoms with van der Waals surface area (Å²) >= 11 is 0. The Morgan fingerprint density at radius 1 is 1.33 bits per heavy atom. The first-order valence-corrected chi connectivity index (χ1v) is 7.99. The summed E-state index contributed by atoms with van der Waals surface area (Å²) in [6.07, 6.45) is 1.72. The van der Waals surface area contributed by atoms with E-state index in [1.54, 1.807) is 10.9 Å². The van der Waals surface area contributed by atoms with Crippen LogP contribution < -0.4 is 10.2 Å². The lowest BCUT2D eigenvalue weighted by atomic mass is 10.2. The van der Waals surface area contributed by atoms with Crippen LogP contribution in [-0.2, 0) is 18.3 Å². The number of ether oxygens (including phenoxy) is 1. The van der Waals surface area contributed by atoms with E-state index in [0.29, 0.717) is 31.3 Å². The van der Waals surface area contributed by atoms with Crippen molar-refractivity contribution in [2.45, 2.75) is 20.4 Å². The molecule has 8 nitrogen and oxygen atoms in total. The van der Waals surface area contributed by atoms with Crippen LogP contribution in [0.5, 0.6) is 0 Å². The van der Waals surface area contributed by atoms with Crippen molar-refractivity contribution >= 4 is 11.9 Å². The van der Waals surface area contributed by atoms with Gasteiger partial charge < -0.3 is 15.0 Å². The molecule has 1 aliphatic heterocycles. The summed E-state index contributed by atoms with van der Waals surface area (Å²) in [6.45, 7) is 7.01. The fourth-order valence-corrected chi connectivity index (χ4v) is 2.76. The van der Waals surface area contributed by atoms with E-state index in [0.717, 1.165) is 30.2 Å². The Morgan fingerprint density at radius 3 is 2.75 bits per heavy atom. The zero-order valence-corrected chi connectivity index (χ0v) is 14.2. The van der Waals surface area contributed by atoms with Crippen molar-refractivity contribution in [1.82, 2.24) is 25.1 Å². The summed E-state index contributed by atoms with van der Waals surface area (Å²) in [7, 11) is 1.83. The van der Waals surface area contributed by atoms with Gasteiger partial charge in [-0.05, 0) is 19.9 Å². The highest BCUT2D eigenvalue weighted by Crippen LogP contribution is 2.13. The van der Waals surface area contributed by atoms with E-state index in [4.69, 9.17) is 4.74 Å². The lowest BCUT2D eigenvalue weighted by Gasteiger charge is -2.26. The maximum absolute atomic E-state index is 12.4. The fourth-order valence-electron chi connectivity index (χ4n) is 2.76. The van der Waals surface area contributed by atoms with Gasteiger partial charge in [0.15, 0.2) is 0 Å². The molecule has 1 N–H and O–H groups in total. The van der Waals surface area contributed by atoms with Gasteiger partial charge in [-0.1, -0.05) is 0 Å². The summed E-state index contributed by atoms with van der Waals surface area (Å²) in [6, 6.07) is 1.81. The van der Waals surface area contributed by atoms with E-state index in [1.165, 1.54) is 0 Å². The molecular weight excluding hydrogens is 308 g/mol. The van der Waals surface area contributed by atoms with Crippen LogP contribution in [0.15, 0.2) is 12.3 Å². The van der Waals surface area contributed by atoms with Gasteiger partial charge >= 0.3 is 0 Å². The lowest BCUT2D eigenvalue weighted by Crippen LogP contribution is -2.37. The van der Waals surface area contributed by atoms with Gasteiger partial charge in [0.05, 0.1) is 36.7 Å². The van der Waals surface area contributed by atoms with E-state index in [9.17, 15) is 4.79 Å². The number of hydrogen-bond donors (Lipinski definition) is 1. The zero-order chi connectivity index (χ0) is 17.1. The highest BCUT2D eigenvalue weighted by molar-refractivity contribution is 5.96. The molecule has 0 aromatic carbocycles. The number of anilines is 1. The normalized spacial score (nSPS) is 14.7. The fraction of sp³-hybridized carbons (Fsp3) is 0.500. The molecule has 0 atom stereocenters. The molecule has 0 unspecified atom stereocenters. The Labute approximate surface area is 140 Å². The highest BCUT2D eigenvalue weighted by Gasteiger charge is 2.18. The Morgan fingerprint density at radius 2 is 2.08 bits per heavy atom. The quantitative estimate of drug-likeness (QED) is 0.883.